The number of ketones is 1. The van der Waals surface area contributed by atoms with E-state index in [-0.39, 0.29) is 5.78 Å². The van der Waals surface area contributed by atoms with Crippen LogP contribution in [0.3, 0.4) is 0 Å². The summed E-state index contributed by atoms with van der Waals surface area (Å²) in [5, 5.41) is 0. The third-order valence-corrected chi connectivity index (χ3v) is 1.99. The Bertz CT molecular complexity index is 449. The number of benzene rings is 1. The highest BCUT2D eigenvalue weighted by Crippen LogP contribution is 2.15. The van der Waals surface area contributed by atoms with Crippen LogP contribution in [0.5, 0.6) is 0 Å². The van der Waals surface area contributed by atoms with E-state index in [1.54, 1.807) is 24.3 Å². The van der Waals surface area contributed by atoms with Gasteiger partial charge in [0.05, 0.1) is 11.4 Å². The minimum absolute atomic E-state index is 0.00810. The summed E-state index contributed by atoms with van der Waals surface area (Å²) < 4.78 is 0. The number of rotatable bonds is 1. The first-order chi connectivity index (χ1) is 7.24. The molecule has 1 aliphatic carbocycles. The highest BCUT2D eigenvalue weighted by molar-refractivity contribution is 6.17. The zero-order chi connectivity index (χ0) is 10.7. The topological polar surface area (TPSA) is 55.4 Å². The summed E-state index contributed by atoms with van der Waals surface area (Å²) in [5.74, 6) is -0.00810. The zero-order valence-corrected chi connectivity index (χ0v) is 8.05. The number of anilines is 1. The Balaban J connectivity index is 2.24. The van der Waals surface area contributed by atoms with Crippen LogP contribution in [0.15, 0.2) is 53.6 Å². The molecule has 1 aromatic carbocycles. The maximum Gasteiger partial charge on any atom is 0.178 e. The van der Waals surface area contributed by atoms with Crippen LogP contribution in [0.2, 0.25) is 0 Å². The predicted molar refractivity (Wildman–Crippen MR) is 61.2 cm³/mol. The lowest BCUT2D eigenvalue weighted by atomic mass is 10.1. The van der Waals surface area contributed by atoms with Gasteiger partial charge in [0, 0.05) is 5.69 Å². The first-order valence-electron chi connectivity index (χ1n) is 4.58. The quantitative estimate of drug-likeness (QED) is 0.554. The second kappa shape index (κ2) is 3.92. The molecule has 3 nitrogen and oxygen atoms in total. The van der Waals surface area contributed by atoms with Crippen molar-refractivity contribution in [3.8, 4) is 0 Å². The fourth-order valence-electron chi connectivity index (χ4n) is 1.22. The molecule has 0 aliphatic heterocycles. The minimum atomic E-state index is -0.00810. The summed E-state index contributed by atoms with van der Waals surface area (Å²) in [4.78, 5) is 15.2. The van der Waals surface area contributed by atoms with E-state index >= 15 is 0 Å². The number of aliphatic imine (C=N–C) groups is 1. The van der Waals surface area contributed by atoms with Crippen molar-refractivity contribution in [1.29, 1.82) is 0 Å². The Hall–Kier alpha value is -2.16. The molecule has 1 aliphatic rings. The molecule has 2 N–H and O–H groups in total. The number of allylic oxidation sites excluding steroid dienone is 4. The molecule has 0 saturated heterocycles. The molecule has 1 aromatic rings. The van der Waals surface area contributed by atoms with Crippen molar-refractivity contribution in [2.75, 3.05) is 5.73 Å². The van der Waals surface area contributed by atoms with Gasteiger partial charge < -0.3 is 5.73 Å². The highest BCUT2D eigenvalue weighted by atomic mass is 16.1. The molecule has 0 radical (unpaired) electrons. The van der Waals surface area contributed by atoms with Crippen molar-refractivity contribution in [1.82, 2.24) is 0 Å². The molecule has 3 heteroatoms. The molecule has 0 heterocycles. The van der Waals surface area contributed by atoms with E-state index in [0.717, 1.165) is 11.4 Å². The number of hydrogen-bond acceptors (Lipinski definition) is 3. The lowest BCUT2D eigenvalue weighted by Crippen LogP contribution is -1.98. The van der Waals surface area contributed by atoms with Crippen LogP contribution in [0.1, 0.15) is 0 Å². The summed E-state index contributed by atoms with van der Waals surface area (Å²) in [6.45, 7) is 0. The van der Waals surface area contributed by atoms with Crippen LogP contribution in [-0.4, -0.2) is 11.5 Å². The van der Waals surface area contributed by atoms with Crippen LogP contribution in [0.25, 0.3) is 0 Å². The Morgan fingerprint density at radius 2 is 1.53 bits per heavy atom. The SMILES string of the molecule is Nc1ccc(N=C2C=CC(=O)C=C2)cc1. The maximum atomic E-state index is 10.9. The van der Waals surface area contributed by atoms with Gasteiger partial charge in [0.1, 0.15) is 0 Å². The molecule has 0 aromatic heterocycles. The van der Waals surface area contributed by atoms with E-state index in [2.05, 4.69) is 4.99 Å². The van der Waals surface area contributed by atoms with Crippen LogP contribution in [-0.2, 0) is 4.79 Å². The molecule has 2 rings (SSSR count). The van der Waals surface area contributed by atoms with Gasteiger partial charge >= 0.3 is 0 Å². The normalized spacial score (nSPS) is 14.4. The predicted octanol–water partition coefficient (Wildman–Crippen LogP) is 2.04. The van der Waals surface area contributed by atoms with Gasteiger partial charge in [-0.3, -0.25) is 4.79 Å². The van der Waals surface area contributed by atoms with Gasteiger partial charge in [0.25, 0.3) is 0 Å². The number of nitrogens with zero attached hydrogens (tertiary/aromatic N) is 1. The van der Waals surface area contributed by atoms with E-state index in [1.165, 1.54) is 12.2 Å². The van der Waals surface area contributed by atoms with Crippen LogP contribution >= 0.6 is 0 Å². The maximum absolute atomic E-state index is 10.9. The standard InChI is InChI=1S/C12H10N2O/c13-9-1-3-10(4-2-9)14-11-5-7-12(15)8-6-11/h1-8H,13H2. The minimum Gasteiger partial charge on any atom is -0.399 e. The van der Waals surface area contributed by atoms with Crippen molar-refractivity contribution in [3.63, 3.8) is 0 Å². The van der Waals surface area contributed by atoms with Crippen LogP contribution < -0.4 is 5.73 Å². The van der Waals surface area contributed by atoms with Crippen LogP contribution in [0, 0.1) is 0 Å². The Kier molecular flexibility index (Phi) is 2.46. The fraction of sp³-hybridized carbons (Fsp3) is 0. The summed E-state index contributed by atoms with van der Waals surface area (Å²) in [6, 6.07) is 7.25. The Labute approximate surface area is 87.6 Å². The molecule has 0 atom stereocenters. The molecular formula is C12H10N2O. The fourth-order valence-corrected chi connectivity index (χ4v) is 1.22. The molecule has 0 spiro atoms. The summed E-state index contributed by atoms with van der Waals surface area (Å²) in [7, 11) is 0. The lowest BCUT2D eigenvalue weighted by Gasteiger charge is -1.99. The van der Waals surface area contributed by atoms with Crippen molar-refractivity contribution in [3.05, 3.63) is 48.6 Å². The van der Waals surface area contributed by atoms with Crippen LogP contribution in [0.4, 0.5) is 11.4 Å². The number of nitrogen functional groups attached to an aromatic ring is 1. The van der Waals surface area contributed by atoms with Crippen molar-refractivity contribution < 1.29 is 4.79 Å². The number of carbonyl (C=O) groups excluding carboxylic acids is 1. The smallest absolute Gasteiger partial charge is 0.178 e. The summed E-state index contributed by atoms with van der Waals surface area (Å²) in [5.41, 5.74) is 7.85. The monoisotopic (exact) mass is 198 g/mol. The first-order valence-corrected chi connectivity index (χ1v) is 4.58. The van der Waals surface area contributed by atoms with E-state index in [1.807, 2.05) is 12.1 Å². The second-order valence-corrected chi connectivity index (χ2v) is 3.20. The molecule has 0 unspecified atom stereocenters. The van der Waals surface area contributed by atoms with Gasteiger partial charge in [-0.1, -0.05) is 0 Å². The van der Waals surface area contributed by atoms with E-state index in [9.17, 15) is 4.79 Å². The average molecular weight is 198 g/mol. The second-order valence-electron chi connectivity index (χ2n) is 3.20. The first kappa shape index (κ1) is 9.40. The van der Waals surface area contributed by atoms with Gasteiger partial charge in [0.2, 0.25) is 0 Å². The van der Waals surface area contributed by atoms with Crippen molar-refractivity contribution >= 4 is 22.9 Å². The zero-order valence-electron chi connectivity index (χ0n) is 8.05. The Morgan fingerprint density at radius 3 is 2.13 bits per heavy atom. The average Bonchev–Trinajstić information content (AvgIpc) is 2.25. The summed E-state index contributed by atoms with van der Waals surface area (Å²) in [6.07, 6.45) is 6.38. The number of nitrogens with two attached hydrogens (primary N) is 1. The molecule has 0 fully saturated rings. The van der Waals surface area contributed by atoms with Crippen molar-refractivity contribution in [2.24, 2.45) is 4.99 Å². The molecular weight excluding hydrogens is 188 g/mol. The molecule has 0 bridgehead atoms. The number of hydrogen-bond donors (Lipinski definition) is 1. The third kappa shape index (κ3) is 2.40. The third-order valence-electron chi connectivity index (χ3n) is 1.99. The molecule has 15 heavy (non-hydrogen) atoms. The van der Waals surface area contributed by atoms with Gasteiger partial charge in [-0.2, -0.15) is 0 Å². The van der Waals surface area contributed by atoms with Gasteiger partial charge in [-0.05, 0) is 48.6 Å². The van der Waals surface area contributed by atoms with Gasteiger partial charge in [-0.15, -0.1) is 0 Å². The van der Waals surface area contributed by atoms with E-state index < -0.39 is 0 Å². The largest absolute Gasteiger partial charge is 0.399 e. The molecule has 0 amide bonds. The van der Waals surface area contributed by atoms with E-state index in [4.69, 9.17) is 5.73 Å². The Morgan fingerprint density at radius 1 is 0.933 bits per heavy atom. The van der Waals surface area contributed by atoms with Crippen molar-refractivity contribution in [2.45, 2.75) is 0 Å². The summed E-state index contributed by atoms with van der Waals surface area (Å²) >= 11 is 0. The van der Waals surface area contributed by atoms with E-state index in [0.29, 0.717) is 5.69 Å². The number of carbonyl (C=O) groups is 1. The lowest BCUT2D eigenvalue weighted by molar-refractivity contribution is -0.110. The molecule has 74 valence electrons. The highest BCUT2D eigenvalue weighted by Gasteiger charge is 1.99. The molecule has 0 saturated carbocycles. The van der Waals surface area contributed by atoms with Gasteiger partial charge in [0.15, 0.2) is 5.78 Å². The van der Waals surface area contributed by atoms with Gasteiger partial charge in [-0.25, -0.2) is 4.99 Å².